The number of hydrogen-bond donors (Lipinski definition) is 0. The third kappa shape index (κ3) is 2.89. The first-order chi connectivity index (χ1) is 8.81. The molecule has 0 saturated heterocycles. The zero-order valence-electron chi connectivity index (χ0n) is 11.5. The first kappa shape index (κ1) is 13.9. The van der Waals surface area contributed by atoms with E-state index in [1.54, 1.807) is 12.1 Å². The van der Waals surface area contributed by atoms with Crippen molar-refractivity contribution in [3.8, 4) is 0 Å². The Kier molecular flexibility index (Phi) is 3.54. The quantitative estimate of drug-likeness (QED) is 0.792. The molecule has 0 aliphatic heterocycles. The van der Waals surface area contributed by atoms with Gasteiger partial charge in [0.05, 0.1) is 18.2 Å². The normalized spacial score (nSPS) is 11.8. The minimum atomic E-state index is -0.378. The van der Waals surface area contributed by atoms with Gasteiger partial charge in [-0.05, 0) is 17.5 Å². The molecule has 2 heterocycles. The van der Waals surface area contributed by atoms with Gasteiger partial charge in [-0.2, -0.15) is 0 Å². The van der Waals surface area contributed by atoms with Crippen LogP contribution in [0.5, 0.6) is 0 Å². The topological polar surface area (TPSA) is 43.6 Å². The number of carbonyl (C=O) groups is 1. The van der Waals surface area contributed by atoms with Gasteiger partial charge in [0.15, 0.2) is 5.15 Å². The molecule has 0 spiro atoms. The van der Waals surface area contributed by atoms with Crippen LogP contribution in [0.1, 0.15) is 37.0 Å². The predicted octanol–water partition coefficient (Wildman–Crippen LogP) is 3.36. The van der Waals surface area contributed by atoms with Crippen molar-refractivity contribution in [2.75, 3.05) is 7.11 Å². The van der Waals surface area contributed by atoms with Gasteiger partial charge in [0.25, 0.3) is 0 Å². The van der Waals surface area contributed by atoms with Crippen LogP contribution in [-0.2, 0) is 11.2 Å². The highest BCUT2D eigenvalue weighted by atomic mass is 35.5. The summed E-state index contributed by atoms with van der Waals surface area (Å²) in [5.74, 6) is 0.515. The molecule has 0 fully saturated rings. The Morgan fingerprint density at radius 1 is 1.47 bits per heavy atom. The first-order valence-corrected chi connectivity index (χ1v) is 6.44. The Balaban J connectivity index is 2.51. The van der Waals surface area contributed by atoms with Gasteiger partial charge >= 0.3 is 5.97 Å². The summed E-state index contributed by atoms with van der Waals surface area (Å²) in [4.78, 5) is 15.9. The smallest absolute Gasteiger partial charge is 0.337 e. The van der Waals surface area contributed by atoms with E-state index < -0.39 is 0 Å². The van der Waals surface area contributed by atoms with Crippen molar-refractivity contribution in [1.29, 1.82) is 0 Å². The van der Waals surface area contributed by atoms with Crippen LogP contribution >= 0.6 is 11.6 Å². The minimum absolute atomic E-state index is 0.117. The van der Waals surface area contributed by atoms with Gasteiger partial charge in [-0.1, -0.05) is 32.4 Å². The van der Waals surface area contributed by atoms with Crippen LogP contribution < -0.4 is 0 Å². The van der Waals surface area contributed by atoms with Gasteiger partial charge in [-0.3, -0.25) is 0 Å². The number of imidazole rings is 1. The maximum absolute atomic E-state index is 11.5. The largest absolute Gasteiger partial charge is 0.465 e. The lowest BCUT2D eigenvalue weighted by atomic mass is 9.92. The number of nitrogens with zero attached hydrogens (tertiary/aromatic N) is 2. The molecule has 0 radical (unpaired) electrons. The molecule has 19 heavy (non-hydrogen) atoms. The molecule has 0 bridgehead atoms. The lowest BCUT2D eigenvalue weighted by Gasteiger charge is -2.16. The molecule has 2 rings (SSSR count). The molecular weight excluding hydrogens is 264 g/mol. The zero-order chi connectivity index (χ0) is 14.2. The van der Waals surface area contributed by atoms with E-state index in [-0.39, 0.29) is 11.4 Å². The zero-order valence-corrected chi connectivity index (χ0v) is 12.3. The molecule has 0 aliphatic rings. The van der Waals surface area contributed by atoms with Gasteiger partial charge in [-0.25, -0.2) is 9.78 Å². The summed E-state index contributed by atoms with van der Waals surface area (Å²) in [6, 6.07) is 3.41. The van der Waals surface area contributed by atoms with Crippen molar-refractivity contribution >= 4 is 23.1 Å². The SMILES string of the molecule is COC(=O)c1ccn2c(CC(C)(C)C)nc(Cl)c2c1. The molecule has 0 atom stereocenters. The number of fused-ring (bicyclic) bond motifs is 1. The van der Waals surface area contributed by atoms with E-state index in [1.807, 2.05) is 10.6 Å². The highest BCUT2D eigenvalue weighted by molar-refractivity contribution is 6.32. The highest BCUT2D eigenvalue weighted by Crippen LogP contribution is 2.25. The Morgan fingerprint density at radius 3 is 2.74 bits per heavy atom. The standard InChI is InChI=1S/C14H17ClN2O2/c1-14(2,3)8-11-16-12(15)10-7-9(13(18)19-4)5-6-17(10)11/h5-7H,8H2,1-4H3. The molecule has 0 amide bonds. The molecule has 102 valence electrons. The van der Waals surface area contributed by atoms with Crippen molar-refractivity contribution in [1.82, 2.24) is 9.38 Å². The molecule has 2 aromatic heterocycles. The van der Waals surface area contributed by atoms with Crippen LogP contribution in [0, 0.1) is 5.41 Å². The average molecular weight is 281 g/mol. The number of ether oxygens (including phenoxy) is 1. The molecule has 2 aromatic rings. The molecular formula is C14H17ClN2O2. The average Bonchev–Trinajstić information content (AvgIpc) is 2.62. The monoisotopic (exact) mass is 280 g/mol. The summed E-state index contributed by atoms with van der Waals surface area (Å²) in [5, 5.41) is 0.407. The van der Waals surface area contributed by atoms with Crippen LogP contribution in [0.25, 0.3) is 5.52 Å². The molecule has 5 heteroatoms. The number of hydrogen-bond acceptors (Lipinski definition) is 3. The van der Waals surface area contributed by atoms with E-state index in [1.165, 1.54) is 7.11 Å². The summed E-state index contributed by atoms with van der Waals surface area (Å²) in [5.41, 5.74) is 1.31. The molecule has 0 aliphatic carbocycles. The lowest BCUT2D eigenvalue weighted by molar-refractivity contribution is 0.0600. The number of esters is 1. The first-order valence-electron chi connectivity index (χ1n) is 6.06. The summed E-state index contributed by atoms with van der Waals surface area (Å²) in [7, 11) is 1.36. The third-order valence-corrected chi connectivity index (χ3v) is 3.06. The molecule has 0 N–H and O–H groups in total. The van der Waals surface area contributed by atoms with Crippen LogP contribution in [-0.4, -0.2) is 22.5 Å². The predicted molar refractivity (Wildman–Crippen MR) is 74.7 cm³/mol. The van der Waals surface area contributed by atoms with E-state index in [0.717, 1.165) is 17.8 Å². The lowest BCUT2D eigenvalue weighted by Crippen LogP contribution is -2.12. The molecule has 0 aromatic carbocycles. The summed E-state index contributed by atoms with van der Waals surface area (Å²) in [6.07, 6.45) is 2.61. The summed E-state index contributed by atoms with van der Waals surface area (Å²) >= 11 is 6.14. The van der Waals surface area contributed by atoms with E-state index >= 15 is 0 Å². The second-order valence-corrected chi connectivity index (χ2v) is 6.08. The number of rotatable bonds is 2. The van der Waals surface area contributed by atoms with Gasteiger partial charge in [0, 0.05) is 12.6 Å². The number of carbonyl (C=O) groups excluding carboxylic acids is 1. The second kappa shape index (κ2) is 4.85. The van der Waals surface area contributed by atoms with Gasteiger partial charge < -0.3 is 9.14 Å². The van der Waals surface area contributed by atoms with Crippen molar-refractivity contribution in [3.05, 3.63) is 34.9 Å². The fourth-order valence-corrected chi connectivity index (χ4v) is 2.20. The number of halogens is 1. The fraction of sp³-hybridized carbons (Fsp3) is 0.429. The van der Waals surface area contributed by atoms with Gasteiger partial charge in [-0.15, -0.1) is 0 Å². The summed E-state index contributed by atoms with van der Waals surface area (Å²) in [6.45, 7) is 6.43. The van der Waals surface area contributed by atoms with Crippen molar-refractivity contribution < 1.29 is 9.53 Å². The van der Waals surface area contributed by atoms with E-state index in [4.69, 9.17) is 16.3 Å². The van der Waals surface area contributed by atoms with Crippen molar-refractivity contribution in [3.63, 3.8) is 0 Å². The van der Waals surface area contributed by atoms with Crippen LogP contribution in [0.4, 0.5) is 0 Å². The van der Waals surface area contributed by atoms with Crippen LogP contribution in [0.2, 0.25) is 5.15 Å². The maximum Gasteiger partial charge on any atom is 0.337 e. The molecule has 0 saturated carbocycles. The third-order valence-electron chi connectivity index (χ3n) is 2.78. The van der Waals surface area contributed by atoms with Gasteiger partial charge in [0.1, 0.15) is 5.82 Å². The van der Waals surface area contributed by atoms with Gasteiger partial charge in [0.2, 0.25) is 0 Å². The Hall–Kier alpha value is -1.55. The summed E-state index contributed by atoms with van der Waals surface area (Å²) < 4.78 is 6.62. The Morgan fingerprint density at radius 2 is 2.16 bits per heavy atom. The highest BCUT2D eigenvalue weighted by Gasteiger charge is 2.18. The molecule has 0 unspecified atom stereocenters. The number of pyridine rings is 1. The Labute approximate surface area is 117 Å². The number of aromatic nitrogens is 2. The fourth-order valence-electron chi connectivity index (χ4n) is 1.95. The van der Waals surface area contributed by atoms with Crippen molar-refractivity contribution in [2.45, 2.75) is 27.2 Å². The van der Waals surface area contributed by atoms with E-state index in [2.05, 4.69) is 25.8 Å². The Bertz CT molecular complexity index is 626. The number of methoxy groups -OCH3 is 1. The van der Waals surface area contributed by atoms with Crippen LogP contribution in [0.15, 0.2) is 18.3 Å². The maximum atomic E-state index is 11.5. The molecule has 4 nitrogen and oxygen atoms in total. The second-order valence-electron chi connectivity index (χ2n) is 5.72. The van der Waals surface area contributed by atoms with Crippen molar-refractivity contribution in [2.24, 2.45) is 5.41 Å². The van der Waals surface area contributed by atoms with E-state index in [0.29, 0.717) is 10.7 Å². The van der Waals surface area contributed by atoms with Crippen LogP contribution in [0.3, 0.4) is 0 Å². The van der Waals surface area contributed by atoms with E-state index in [9.17, 15) is 4.79 Å². The minimum Gasteiger partial charge on any atom is -0.465 e.